The predicted octanol–water partition coefficient (Wildman–Crippen LogP) is 3.31. The highest BCUT2D eigenvalue weighted by atomic mass is 32.1. The van der Waals surface area contributed by atoms with E-state index in [4.69, 9.17) is 4.52 Å². The molecule has 6 heteroatoms. The molecule has 4 rings (SSSR count). The zero-order valence-corrected chi connectivity index (χ0v) is 13.2. The average Bonchev–Trinajstić information content (AvgIpc) is 3.29. The van der Waals surface area contributed by atoms with Gasteiger partial charge in [-0.3, -0.25) is 4.79 Å². The maximum atomic E-state index is 12.2. The summed E-state index contributed by atoms with van der Waals surface area (Å²) >= 11 is 1.56. The molecule has 0 aliphatic carbocycles. The fourth-order valence-electron chi connectivity index (χ4n) is 2.80. The first-order valence-electron chi connectivity index (χ1n) is 7.49. The molecular formula is C17H15N3O2S. The van der Waals surface area contributed by atoms with Crippen molar-refractivity contribution in [3.63, 3.8) is 0 Å². The summed E-state index contributed by atoms with van der Waals surface area (Å²) in [5.41, 5.74) is 1.13. The lowest BCUT2D eigenvalue weighted by atomic mass is 10.1. The second-order valence-electron chi connectivity index (χ2n) is 5.60. The second-order valence-corrected chi connectivity index (χ2v) is 6.54. The van der Waals surface area contributed by atoms with Gasteiger partial charge in [0.05, 0.1) is 4.88 Å². The van der Waals surface area contributed by atoms with Gasteiger partial charge in [-0.15, -0.1) is 11.3 Å². The van der Waals surface area contributed by atoms with Crippen molar-refractivity contribution in [3.05, 3.63) is 59.2 Å². The topological polar surface area (TPSA) is 59.2 Å². The van der Waals surface area contributed by atoms with E-state index in [0.717, 1.165) is 10.4 Å². The molecule has 1 atom stereocenters. The molecule has 0 unspecified atom stereocenters. The van der Waals surface area contributed by atoms with Crippen LogP contribution in [0.4, 0.5) is 0 Å². The summed E-state index contributed by atoms with van der Waals surface area (Å²) in [5.74, 6) is 1.30. The lowest BCUT2D eigenvalue weighted by Gasteiger charge is -2.15. The van der Waals surface area contributed by atoms with E-state index in [-0.39, 0.29) is 11.8 Å². The smallest absolute Gasteiger partial charge is 0.267 e. The van der Waals surface area contributed by atoms with Gasteiger partial charge in [0.25, 0.3) is 5.89 Å². The fraction of sp³-hybridized carbons (Fsp3) is 0.235. The van der Waals surface area contributed by atoms with E-state index in [1.165, 1.54) is 0 Å². The Balaban J connectivity index is 1.48. The number of carbonyl (C=O) groups is 1. The molecule has 5 nitrogen and oxygen atoms in total. The molecule has 1 saturated heterocycles. The van der Waals surface area contributed by atoms with Crippen LogP contribution < -0.4 is 0 Å². The van der Waals surface area contributed by atoms with Crippen LogP contribution in [0, 0.1) is 0 Å². The van der Waals surface area contributed by atoms with Crippen molar-refractivity contribution in [1.29, 1.82) is 0 Å². The molecule has 3 heterocycles. The van der Waals surface area contributed by atoms with Gasteiger partial charge < -0.3 is 9.42 Å². The highest BCUT2D eigenvalue weighted by Gasteiger charge is 2.33. The van der Waals surface area contributed by atoms with Crippen LogP contribution in [-0.4, -0.2) is 27.5 Å². The Morgan fingerprint density at radius 1 is 1.22 bits per heavy atom. The van der Waals surface area contributed by atoms with Gasteiger partial charge in [0.15, 0.2) is 5.82 Å². The van der Waals surface area contributed by atoms with Crippen molar-refractivity contribution in [2.45, 2.75) is 18.9 Å². The first-order valence-corrected chi connectivity index (χ1v) is 8.37. The summed E-state index contributed by atoms with van der Waals surface area (Å²) in [7, 11) is 0. The molecule has 23 heavy (non-hydrogen) atoms. The molecule has 0 spiro atoms. The van der Waals surface area contributed by atoms with E-state index < -0.39 is 0 Å². The quantitative estimate of drug-likeness (QED) is 0.738. The molecule has 0 saturated carbocycles. The summed E-state index contributed by atoms with van der Waals surface area (Å²) in [6.07, 6.45) is 0.441. The van der Waals surface area contributed by atoms with E-state index in [9.17, 15) is 4.79 Å². The number of hydrogen-bond donors (Lipinski definition) is 0. The van der Waals surface area contributed by atoms with E-state index in [0.29, 0.717) is 31.2 Å². The maximum absolute atomic E-state index is 12.2. The van der Waals surface area contributed by atoms with Gasteiger partial charge in [-0.25, -0.2) is 0 Å². The second kappa shape index (κ2) is 5.96. The molecule has 2 aromatic heterocycles. The van der Waals surface area contributed by atoms with Crippen LogP contribution in [-0.2, 0) is 11.3 Å². The van der Waals surface area contributed by atoms with E-state index in [2.05, 4.69) is 10.1 Å². The van der Waals surface area contributed by atoms with Gasteiger partial charge in [0.1, 0.15) is 0 Å². The first-order chi connectivity index (χ1) is 11.3. The Hall–Kier alpha value is -2.47. The summed E-state index contributed by atoms with van der Waals surface area (Å²) < 4.78 is 5.33. The van der Waals surface area contributed by atoms with Crippen LogP contribution in [0.2, 0.25) is 0 Å². The van der Waals surface area contributed by atoms with Gasteiger partial charge in [0.2, 0.25) is 5.91 Å². The number of likely N-dealkylation sites (tertiary alicyclic amines) is 1. The number of nitrogens with zero attached hydrogens (tertiary/aromatic N) is 3. The summed E-state index contributed by atoms with van der Waals surface area (Å²) in [5, 5.41) is 6.04. The zero-order valence-electron chi connectivity index (χ0n) is 12.4. The van der Waals surface area contributed by atoms with E-state index in [1.807, 2.05) is 52.7 Å². The SMILES string of the molecule is O=C1C[C@H](c2noc(-c3cccs3)n2)CN1Cc1ccccc1. The third-order valence-electron chi connectivity index (χ3n) is 3.97. The predicted molar refractivity (Wildman–Crippen MR) is 86.8 cm³/mol. The average molecular weight is 325 g/mol. The van der Waals surface area contributed by atoms with Crippen molar-refractivity contribution in [3.8, 4) is 10.8 Å². The van der Waals surface area contributed by atoms with Gasteiger partial charge in [-0.05, 0) is 17.0 Å². The van der Waals surface area contributed by atoms with Crippen molar-refractivity contribution in [2.24, 2.45) is 0 Å². The molecule has 1 amide bonds. The number of amides is 1. The third-order valence-corrected chi connectivity index (χ3v) is 4.83. The van der Waals surface area contributed by atoms with Gasteiger partial charge in [-0.1, -0.05) is 41.6 Å². The Labute approximate surface area is 137 Å². The number of hydrogen-bond acceptors (Lipinski definition) is 5. The minimum absolute atomic E-state index is 0.00340. The molecule has 0 N–H and O–H groups in total. The highest BCUT2D eigenvalue weighted by molar-refractivity contribution is 7.13. The van der Waals surface area contributed by atoms with Crippen molar-refractivity contribution >= 4 is 17.2 Å². The number of thiophene rings is 1. The van der Waals surface area contributed by atoms with Crippen molar-refractivity contribution < 1.29 is 9.32 Å². The largest absolute Gasteiger partial charge is 0.338 e. The lowest BCUT2D eigenvalue weighted by Crippen LogP contribution is -2.24. The molecule has 116 valence electrons. The Morgan fingerprint density at radius 2 is 2.09 bits per heavy atom. The molecule has 3 aromatic rings. The Kier molecular flexibility index (Phi) is 3.67. The fourth-order valence-corrected chi connectivity index (χ4v) is 3.45. The van der Waals surface area contributed by atoms with Gasteiger partial charge in [0, 0.05) is 25.4 Å². The maximum Gasteiger partial charge on any atom is 0.267 e. The van der Waals surface area contributed by atoms with E-state index >= 15 is 0 Å². The van der Waals surface area contributed by atoms with Crippen molar-refractivity contribution in [2.75, 3.05) is 6.54 Å². The minimum Gasteiger partial charge on any atom is -0.338 e. The molecule has 1 aliphatic rings. The molecule has 0 radical (unpaired) electrons. The number of benzene rings is 1. The van der Waals surface area contributed by atoms with Crippen LogP contribution in [0.5, 0.6) is 0 Å². The summed E-state index contributed by atoms with van der Waals surface area (Å²) in [4.78, 5) is 19.5. The monoisotopic (exact) mass is 325 g/mol. The third kappa shape index (κ3) is 2.90. The van der Waals surface area contributed by atoms with Crippen molar-refractivity contribution in [1.82, 2.24) is 15.0 Å². The van der Waals surface area contributed by atoms with Gasteiger partial charge >= 0.3 is 0 Å². The molecule has 0 bridgehead atoms. The number of carbonyl (C=O) groups excluding carboxylic acids is 1. The number of rotatable bonds is 4. The minimum atomic E-state index is 0.00340. The van der Waals surface area contributed by atoms with Crippen LogP contribution >= 0.6 is 11.3 Å². The Bertz CT molecular complexity index is 798. The molecule has 1 aromatic carbocycles. The van der Waals surface area contributed by atoms with Crippen LogP contribution in [0.3, 0.4) is 0 Å². The first kappa shape index (κ1) is 14.1. The zero-order chi connectivity index (χ0) is 15.6. The highest BCUT2D eigenvalue weighted by Crippen LogP contribution is 2.30. The number of aromatic nitrogens is 2. The molecule has 1 fully saturated rings. The lowest BCUT2D eigenvalue weighted by molar-refractivity contribution is -0.128. The summed E-state index contributed by atoms with van der Waals surface area (Å²) in [6, 6.07) is 13.9. The Morgan fingerprint density at radius 3 is 2.87 bits per heavy atom. The molecule has 1 aliphatic heterocycles. The van der Waals surface area contributed by atoms with E-state index in [1.54, 1.807) is 11.3 Å². The normalized spacial score (nSPS) is 17.8. The van der Waals surface area contributed by atoms with Crippen LogP contribution in [0.1, 0.15) is 23.7 Å². The van der Waals surface area contributed by atoms with Gasteiger partial charge in [-0.2, -0.15) is 4.98 Å². The summed E-state index contributed by atoms with van der Waals surface area (Å²) in [6.45, 7) is 1.27. The molecular weight excluding hydrogens is 310 g/mol. The van der Waals surface area contributed by atoms with Crippen LogP contribution in [0.25, 0.3) is 10.8 Å². The van der Waals surface area contributed by atoms with Crippen LogP contribution in [0.15, 0.2) is 52.4 Å². The standard InChI is InChI=1S/C17H15N3O2S/c21-15-9-13(11-20(15)10-12-5-2-1-3-6-12)16-18-17(22-19-16)14-7-4-8-23-14/h1-8,13H,9-11H2/t13-/m0/s1.